The Balaban J connectivity index is 2.18. The monoisotopic (exact) mass is 291 g/mol. The van der Waals surface area contributed by atoms with Crippen LogP contribution in [0, 0.1) is 5.82 Å². The van der Waals surface area contributed by atoms with Gasteiger partial charge in [-0.2, -0.15) is 5.10 Å². The third kappa shape index (κ3) is 3.93. The normalized spacial score (nSPS) is 12.8. The molecule has 0 aliphatic rings. The van der Waals surface area contributed by atoms with Gasteiger partial charge in [0.2, 0.25) is 0 Å². The number of halogens is 1. The first-order chi connectivity index (χ1) is 9.35. The molecular formula is C15H18FN3S. The van der Waals surface area contributed by atoms with Gasteiger partial charge in [0.05, 0.1) is 11.4 Å². The van der Waals surface area contributed by atoms with E-state index in [-0.39, 0.29) is 10.6 Å². The van der Waals surface area contributed by atoms with Crippen molar-refractivity contribution in [1.29, 1.82) is 0 Å². The Kier molecular flexibility index (Phi) is 4.28. The molecule has 0 atom stereocenters. The maximum absolute atomic E-state index is 12.9. The summed E-state index contributed by atoms with van der Waals surface area (Å²) in [6, 6.07) is 8.15. The van der Waals surface area contributed by atoms with Crippen LogP contribution in [0.25, 0.3) is 5.69 Å². The Labute approximate surface area is 123 Å². The number of hydrogen-bond donors (Lipinski definition) is 0. The van der Waals surface area contributed by atoms with Crippen LogP contribution in [-0.4, -0.2) is 20.2 Å². The molecule has 0 saturated carbocycles. The van der Waals surface area contributed by atoms with Crippen LogP contribution in [0.15, 0.2) is 40.9 Å². The van der Waals surface area contributed by atoms with E-state index in [1.807, 2.05) is 19.2 Å². The first-order valence-electron chi connectivity index (χ1n) is 6.40. The fourth-order valence-corrected chi connectivity index (χ4v) is 2.01. The van der Waals surface area contributed by atoms with Crippen molar-refractivity contribution in [3.05, 3.63) is 48.0 Å². The van der Waals surface area contributed by atoms with Crippen molar-refractivity contribution in [2.75, 3.05) is 0 Å². The quantitative estimate of drug-likeness (QED) is 0.624. The van der Waals surface area contributed by atoms with Gasteiger partial charge < -0.3 is 0 Å². The van der Waals surface area contributed by atoms with Gasteiger partial charge in [-0.1, -0.05) is 0 Å². The fourth-order valence-electron chi connectivity index (χ4n) is 1.51. The lowest BCUT2D eigenvalue weighted by Gasteiger charge is -2.13. The van der Waals surface area contributed by atoms with E-state index in [4.69, 9.17) is 0 Å². The first kappa shape index (κ1) is 14.8. The Morgan fingerprint density at radius 3 is 2.45 bits per heavy atom. The minimum Gasteiger partial charge on any atom is -0.240 e. The minimum absolute atomic E-state index is 0.0841. The van der Waals surface area contributed by atoms with Crippen molar-refractivity contribution in [2.24, 2.45) is 4.40 Å². The molecule has 0 radical (unpaired) electrons. The number of nitrogens with zero attached hydrogens (tertiary/aromatic N) is 3. The Hall–Kier alpha value is -1.62. The van der Waals surface area contributed by atoms with E-state index in [0.717, 1.165) is 17.1 Å². The zero-order chi connectivity index (χ0) is 14.8. The van der Waals surface area contributed by atoms with Crippen LogP contribution in [0.3, 0.4) is 0 Å². The van der Waals surface area contributed by atoms with Gasteiger partial charge in [0.15, 0.2) is 0 Å². The predicted octanol–water partition coefficient (Wildman–Crippen LogP) is 4.27. The highest BCUT2D eigenvalue weighted by atomic mass is 32.2. The molecule has 2 rings (SSSR count). The molecule has 2 aromatic rings. The molecule has 1 heterocycles. The van der Waals surface area contributed by atoms with Crippen LogP contribution in [0.2, 0.25) is 0 Å². The second-order valence-electron chi connectivity index (χ2n) is 5.50. The van der Waals surface area contributed by atoms with Gasteiger partial charge in [-0.3, -0.25) is 0 Å². The molecule has 106 valence electrons. The van der Waals surface area contributed by atoms with Crippen molar-refractivity contribution in [3.8, 4) is 5.69 Å². The van der Waals surface area contributed by atoms with Crippen molar-refractivity contribution < 1.29 is 4.39 Å². The predicted molar refractivity (Wildman–Crippen MR) is 83.1 cm³/mol. The summed E-state index contributed by atoms with van der Waals surface area (Å²) in [6.07, 6.45) is 1.85. The summed E-state index contributed by atoms with van der Waals surface area (Å²) < 4.78 is 19.2. The third-order valence-corrected chi connectivity index (χ3v) is 3.42. The highest BCUT2D eigenvalue weighted by molar-refractivity contribution is 7.99. The first-order valence-corrected chi connectivity index (χ1v) is 7.17. The van der Waals surface area contributed by atoms with E-state index in [1.165, 1.54) is 24.1 Å². The third-order valence-electron chi connectivity index (χ3n) is 2.51. The molecule has 1 aromatic heterocycles. The molecule has 0 fully saturated rings. The molecule has 0 aliphatic heterocycles. The van der Waals surface area contributed by atoms with Gasteiger partial charge >= 0.3 is 0 Å². The summed E-state index contributed by atoms with van der Waals surface area (Å²) in [4.78, 5) is 0. The molecule has 3 nitrogen and oxygen atoms in total. The van der Waals surface area contributed by atoms with E-state index < -0.39 is 0 Å². The topological polar surface area (TPSA) is 30.2 Å². The number of rotatable bonds is 3. The van der Waals surface area contributed by atoms with E-state index in [2.05, 4.69) is 30.3 Å². The zero-order valence-corrected chi connectivity index (χ0v) is 12.9. The van der Waals surface area contributed by atoms with Crippen LogP contribution in [-0.2, 0) is 0 Å². The number of aromatic nitrogens is 2. The summed E-state index contributed by atoms with van der Waals surface area (Å²) in [5, 5.41) is 4.46. The van der Waals surface area contributed by atoms with Crippen LogP contribution in [0.5, 0.6) is 0 Å². The lowest BCUT2D eigenvalue weighted by Crippen LogP contribution is -2.07. The van der Waals surface area contributed by atoms with Gasteiger partial charge in [-0.15, -0.1) is 0 Å². The second kappa shape index (κ2) is 5.79. The highest BCUT2D eigenvalue weighted by Crippen LogP contribution is 2.25. The molecule has 0 amide bonds. The van der Waals surface area contributed by atoms with Crippen LogP contribution in [0.1, 0.15) is 33.4 Å². The molecule has 0 bridgehead atoms. The average Bonchev–Trinajstić information content (AvgIpc) is 2.85. The molecule has 0 spiro atoms. The van der Waals surface area contributed by atoms with Crippen LogP contribution in [0.4, 0.5) is 4.39 Å². The molecular weight excluding hydrogens is 273 g/mol. The average molecular weight is 291 g/mol. The van der Waals surface area contributed by atoms with Gasteiger partial charge in [-0.05, 0) is 70.0 Å². The van der Waals surface area contributed by atoms with E-state index in [1.54, 1.807) is 16.8 Å². The Morgan fingerprint density at radius 2 is 1.85 bits per heavy atom. The van der Waals surface area contributed by atoms with Crippen molar-refractivity contribution in [2.45, 2.75) is 32.4 Å². The number of hydrogen-bond acceptors (Lipinski definition) is 3. The van der Waals surface area contributed by atoms with Gasteiger partial charge in [0, 0.05) is 10.9 Å². The molecule has 0 saturated heterocycles. The second-order valence-corrected chi connectivity index (χ2v) is 7.09. The zero-order valence-electron chi connectivity index (χ0n) is 12.1. The number of benzene rings is 1. The van der Waals surface area contributed by atoms with E-state index >= 15 is 0 Å². The summed E-state index contributed by atoms with van der Waals surface area (Å²) in [5.74, 6) is -0.250. The smallest absolute Gasteiger partial charge is 0.123 e. The maximum atomic E-state index is 12.9. The largest absolute Gasteiger partial charge is 0.240 e. The van der Waals surface area contributed by atoms with E-state index in [0.29, 0.717) is 0 Å². The van der Waals surface area contributed by atoms with Crippen LogP contribution < -0.4 is 0 Å². The van der Waals surface area contributed by atoms with Gasteiger partial charge in [-0.25, -0.2) is 13.5 Å². The lowest BCUT2D eigenvalue weighted by molar-refractivity contribution is 0.627. The highest BCUT2D eigenvalue weighted by Gasteiger charge is 2.11. The Morgan fingerprint density at radius 1 is 1.20 bits per heavy atom. The van der Waals surface area contributed by atoms with Crippen LogP contribution >= 0.6 is 11.9 Å². The lowest BCUT2D eigenvalue weighted by atomic mass is 10.3. The standard InChI is InChI=1S/C15H18FN3S/c1-11(18-20-15(2,3)4)14-9-10-19(17-14)13-7-5-12(16)6-8-13/h5-10H,1-4H3. The summed E-state index contributed by atoms with van der Waals surface area (Å²) in [6.45, 7) is 8.29. The van der Waals surface area contributed by atoms with Crippen molar-refractivity contribution >= 4 is 17.7 Å². The molecule has 0 aliphatic carbocycles. The van der Waals surface area contributed by atoms with Gasteiger partial charge in [0.25, 0.3) is 0 Å². The molecule has 1 aromatic carbocycles. The Bertz CT molecular complexity index is 609. The fraction of sp³-hybridized carbons (Fsp3) is 0.333. The van der Waals surface area contributed by atoms with Crippen molar-refractivity contribution in [1.82, 2.24) is 9.78 Å². The minimum atomic E-state index is -0.250. The maximum Gasteiger partial charge on any atom is 0.123 e. The SMILES string of the molecule is CC(=NSC(C)(C)C)c1ccn(-c2ccc(F)cc2)n1. The summed E-state index contributed by atoms with van der Waals surface area (Å²) in [5.41, 5.74) is 2.53. The molecule has 0 N–H and O–H groups in total. The van der Waals surface area contributed by atoms with Crippen molar-refractivity contribution in [3.63, 3.8) is 0 Å². The molecule has 20 heavy (non-hydrogen) atoms. The molecule has 0 unspecified atom stereocenters. The molecule has 5 heteroatoms. The van der Waals surface area contributed by atoms with E-state index in [9.17, 15) is 4.39 Å². The summed E-state index contributed by atoms with van der Waals surface area (Å²) in [7, 11) is 0. The summed E-state index contributed by atoms with van der Waals surface area (Å²) >= 11 is 1.53. The van der Waals surface area contributed by atoms with Gasteiger partial charge in [0.1, 0.15) is 11.5 Å².